The maximum absolute atomic E-state index is 13.2. The number of phosphoric ester groups is 2. The zero-order valence-electron chi connectivity index (χ0n) is 69.8. The summed E-state index contributed by atoms with van der Waals surface area (Å²) in [6.07, 6.45) is 77.1. The molecule has 0 aliphatic carbocycles. The van der Waals surface area contributed by atoms with Crippen molar-refractivity contribution in [2.45, 2.75) is 470 Å². The number of carbonyl (C=O) groups is 4. The van der Waals surface area contributed by atoms with Crippen LogP contribution in [0.5, 0.6) is 0 Å². The number of aliphatic hydroxyl groups excluding tert-OH is 1. The van der Waals surface area contributed by atoms with Crippen LogP contribution in [0.3, 0.4) is 0 Å². The summed E-state index contributed by atoms with van der Waals surface area (Å²) < 4.78 is 68.9. The van der Waals surface area contributed by atoms with Crippen LogP contribution in [0.1, 0.15) is 452 Å². The van der Waals surface area contributed by atoms with Crippen molar-refractivity contribution in [3.63, 3.8) is 0 Å². The Morgan fingerprint density at radius 1 is 0.299 bits per heavy atom. The van der Waals surface area contributed by atoms with E-state index in [0.717, 1.165) is 109 Å². The Labute approximate surface area is 656 Å². The summed E-state index contributed by atoms with van der Waals surface area (Å²) >= 11 is 0. The second kappa shape index (κ2) is 80.2. The number of aliphatic hydroxyl groups is 1. The number of carbonyl (C=O) groups excluding carboxylic acids is 4. The molecule has 0 aromatic rings. The van der Waals surface area contributed by atoms with E-state index in [0.29, 0.717) is 25.7 Å². The van der Waals surface area contributed by atoms with Gasteiger partial charge < -0.3 is 33.8 Å². The number of unbranched alkanes of at least 4 members (excludes halogenated alkanes) is 54. The number of phosphoric acid groups is 2. The average molecular weight is 1560 g/mol. The van der Waals surface area contributed by atoms with E-state index in [1.165, 1.54) is 263 Å². The van der Waals surface area contributed by atoms with Crippen LogP contribution in [0.2, 0.25) is 0 Å². The summed E-state index contributed by atoms with van der Waals surface area (Å²) in [5, 5.41) is 10.7. The van der Waals surface area contributed by atoms with Crippen LogP contribution in [-0.4, -0.2) is 96.7 Å². The molecule has 0 bridgehead atoms. The zero-order chi connectivity index (χ0) is 78.3. The molecule has 6 atom stereocenters. The molecule has 0 aliphatic rings. The van der Waals surface area contributed by atoms with Gasteiger partial charge in [0.2, 0.25) is 0 Å². The monoisotopic (exact) mass is 1560 g/mol. The van der Waals surface area contributed by atoms with Crippen LogP contribution in [0.4, 0.5) is 0 Å². The summed E-state index contributed by atoms with van der Waals surface area (Å²) in [6.45, 7) is 7.36. The molecule has 0 saturated heterocycles. The van der Waals surface area contributed by atoms with E-state index < -0.39 is 97.5 Å². The van der Waals surface area contributed by atoms with Gasteiger partial charge in [-0.15, -0.1) is 0 Å². The molecule has 0 rings (SSSR count). The molecule has 17 nitrogen and oxygen atoms in total. The summed E-state index contributed by atoms with van der Waals surface area (Å²) in [7, 11) is -9.94. The molecule has 0 fully saturated rings. The molecule has 0 aromatic heterocycles. The lowest BCUT2D eigenvalue weighted by molar-refractivity contribution is -0.161. The quantitative estimate of drug-likeness (QED) is 0.0169. The Morgan fingerprint density at radius 3 is 0.794 bits per heavy atom. The third kappa shape index (κ3) is 80.0. The van der Waals surface area contributed by atoms with Crippen molar-refractivity contribution in [2.24, 2.45) is 5.92 Å². The Hall–Kier alpha value is -2.46. The van der Waals surface area contributed by atoms with Crippen molar-refractivity contribution in [1.82, 2.24) is 0 Å². The first-order valence-electron chi connectivity index (χ1n) is 45.0. The van der Waals surface area contributed by atoms with E-state index in [9.17, 15) is 43.2 Å². The lowest BCUT2D eigenvalue weighted by Gasteiger charge is -2.21. The van der Waals surface area contributed by atoms with Crippen molar-refractivity contribution in [3.8, 4) is 0 Å². The largest absolute Gasteiger partial charge is 0.472 e. The standard InChI is InChI=1S/C88H168O17P2/c1-6-10-13-16-19-22-25-28-30-31-32-33-34-35-36-38-44-49-54-59-64-69-74-88(93)105-84(78-99-86(91)72-67-62-57-52-47-42-40-39-41-45-50-55-60-65-70-81(5)9-4)80-103-107(96,97)101-76-82(89)75-100-106(94,95)102-79-83(77-98-85(90)71-66-61-56-51-46-27-24-21-18-15-12-8-3)104-87(92)73-68-63-58-53-48-43-37-29-26-23-20-17-14-11-7-2/h23,26,29,37,81-84,89H,6-22,24-25,27-28,30-36,38-80H2,1-5H3,(H,94,95)(H,96,97)/b26-23-,37-29-/t81?,82-,83+,84+/m0/s1. The first kappa shape index (κ1) is 105. The molecule has 0 aromatic carbocycles. The van der Waals surface area contributed by atoms with E-state index in [1.807, 2.05) is 0 Å². The fourth-order valence-corrected chi connectivity index (χ4v) is 14.8. The summed E-state index contributed by atoms with van der Waals surface area (Å²) in [4.78, 5) is 73.3. The molecule has 19 heteroatoms. The van der Waals surface area contributed by atoms with Gasteiger partial charge in [0, 0.05) is 25.7 Å². The number of allylic oxidation sites excluding steroid dienone is 4. The van der Waals surface area contributed by atoms with Crippen LogP contribution < -0.4 is 0 Å². The fourth-order valence-electron chi connectivity index (χ4n) is 13.3. The second-order valence-electron chi connectivity index (χ2n) is 31.2. The molecular formula is C88H168O17P2. The highest BCUT2D eigenvalue weighted by Crippen LogP contribution is 2.45. The Kier molecular flexibility index (Phi) is 78.3. The number of hydrogen-bond donors (Lipinski definition) is 3. The maximum atomic E-state index is 13.2. The molecule has 632 valence electrons. The van der Waals surface area contributed by atoms with Crippen molar-refractivity contribution in [1.29, 1.82) is 0 Å². The van der Waals surface area contributed by atoms with E-state index in [1.54, 1.807) is 0 Å². The van der Waals surface area contributed by atoms with Gasteiger partial charge >= 0.3 is 39.5 Å². The fraction of sp³-hybridized carbons (Fsp3) is 0.909. The molecule has 0 amide bonds. The highest BCUT2D eigenvalue weighted by Gasteiger charge is 2.30. The Morgan fingerprint density at radius 2 is 0.523 bits per heavy atom. The van der Waals surface area contributed by atoms with E-state index in [-0.39, 0.29) is 25.7 Å². The van der Waals surface area contributed by atoms with Crippen molar-refractivity contribution >= 4 is 39.5 Å². The van der Waals surface area contributed by atoms with Crippen LogP contribution in [0.15, 0.2) is 24.3 Å². The molecule has 3 unspecified atom stereocenters. The summed E-state index contributed by atoms with van der Waals surface area (Å²) in [5.74, 6) is -1.28. The van der Waals surface area contributed by atoms with Gasteiger partial charge in [-0.2, -0.15) is 0 Å². The van der Waals surface area contributed by atoms with Gasteiger partial charge in [-0.25, -0.2) is 9.13 Å². The van der Waals surface area contributed by atoms with Gasteiger partial charge in [0.25, 0.3) is 0 Å². The molecule has 0 saturated carbocycles. The summed E-state index contributed by atoms with van der Waals surface area (Å²) in [6, 6.07) is 0. The normalized spacial score (nSPS) is 14.1. The number of hydrogen-bond acceptors (Lipinski definition) is 15. The van der Waals surface area contributed by atoms with E-state index >= 15 is 0 Å². The number of rotatable bonds is 86. The predicted molar refractivity (Wildman–Crippen MR) is 441 cm³/mol. The number of esters is 4. The molecule has 0 heterocycles. The van der Waals surface area contributed by atoms with Gasteiger partial charge in [-0.1, -0.05) is 399 Å². The summed E-state index contributed by atoms with van der Waals surface area (Å²) in [5.41, 5.74) is 0. The molecule has 0 aliphatic heterocycles. The van der Waals surface area contributed by atoms with Gasteiger partial charge in [0.05, 0.1) is 26.4 Å². The van der Waals surface area contributed by atoms with Gasteiger partial charge in [0.1, 0.15) is 19.3 Å². The SMILES string of the molecule is CCCCCC/C=C\C=C/CCCCCCCC(=O)O[C@H](COC(=O)CCCCCCCCCCCCCC)COP(=O)(O)OC[C@H](O)COP(=O)(O)OC[C@@H](COC(=O)CCCCCCCCCCCCCCCCC(C)CC)OC(=O)CCCCCCCCCCCCCCCCCCCCCCCC. The predicted octanol–water partition coefficient (Wildman–Crippen LogP) is 26.7. The topological polar surface area (TPSA) is 237 Å². The smallest absolute Gasteiger partial charge is 0.462 e. The molecule has 0 spiro atoms. The minimum atomic E-state index is -4.97. The molecule has 0 radical (unpaired) electrons. The van der Waals surface area contributed by atoms with Crippen LogP contribution in [-0.2, 0) is 65.4 Å². The van der Waals surface area contributed by atoms with Gasteiger partial charge in [-0.3, -0.25) is 37.3 Å². The van der Waals surface area contributed by atoms with E-state index in [4.69, 9.17) is 37.0 Å². The third-order valence-electron chi connectivity index (χ3n) is 20.5. The van der Waals surface area contributed by atoms with E-state index in [2.05, 4.69) is 58.9 Å². The van der Waals surface area contributed by atoms with Gasteiger partial charge in [0.15, 0.2) is 12.2 Å². The second-order valence-corrected chi connectivity index (χ2v) is 34.1. The highest BCUT2D eigenvalue weighted by atomic mass is 31.2. The third-order valence-corrected chi connectivity index (χ3v) is 22.4. The molecule has 107 heavy (non-hydrogen) atoms. The van der Waals surface area contributed by atoms with Crippen LogP contribution in [0, 0.1) is 5.92 Å². The lowest BCUT2D eigenvalue weighted by Crippen LogP contribution is -2.30. The first-order valence-corrected chi connectivity index (χ1v) is 48.0. The van der Waals surface area contributed by atoms with Gasteiger partial charge in [-0.05, 0) is 57.3 Å². The lowest BCUT2D eigenvalue weighted by atomic mass is 9.99. The maximum Gasteiger partial charge on any atom is 0.472 e. The van der Waals surface area contributed by atoms with Crippen molar-refractivity contribution in [3.05, 3.63) is 24.3 Å². The van der Waals surface area contributed by atoms with Crippen LogP contribution in [0.25, 0.3) is 0 Å². The Balaban J connectivity index is 5.27. The van der Waals surface area contributed by atoms with Crippen molar-refractivity contribution in [2.75, 3.05) is 39.6 Å². The minimum Gasteiger partial charge on any atom is -0.462 e. The molecular weight excluding hydrogens is 1390 g/mol. The molecule has 3 N–H and O–H groups in total. The van der Waals surface area contributed by atoms with Crippen molar-refractivity contribution < 1.29 is 80.2 Å². The Bertz CT molecular complexity index is 2130. The highest BCUT2D eigenvalue weighted by molar-refractivity contribution is 7.47. The average Bonchev–Trinajstić information content (AvgIpc) is 0.903. The first-order chi connectivity index (χ1) is 52.1. The number of ether oxygens (including phenoxy) is 4. The van der Waals surface area contributed by atoms with Crippen LogP contribution >= 0.6 is 15.6 Å². The zero-order valence-corrected chi connectivity index (χ0v) is 71.6. The minimum absolute atomic E-state index is 0.0859.